The van der Waals surface area contributed by atoms with Gasteiger partial charge in [-0.2, -0.15) is 0 Å². The van der Waals surface area contributed by atoms with Crippen LogP contribution in [0.1, 0.15) is 26.7 Å². The minimum atomic E-state index is -3.32. The van der Waals surface area contributed by atoms with Crippen LogP contribution in [0, 0.1) is 0 Å². The van der Waals surface area contributed by atoms with E-state index < -0.39 is 19.9 Å². The Balaban J connectivity index is 2.37. The van der Waals surface area contributed by atoms with Gasteiger partial charge in [-0.05, 0) is 12.8 Å². The second-order valence-electron chi connectivity index (χ2n) is 4.97. The van der Waals surface area contributed by atoms with Gasteiger partial charge in [0, 0.05) is 18.6 Å². The molecule has 6 nitrogen and oxygen atoms in total. The van der Waals surface area contributed by atoms with Gasteiger partial charge in [0.05, 0.1) is 17.3 Å². The zero-order chi connectivity index (χ0) is 13.8. The van der Waals surface area contributed by atoms with E-state index in [0.717, 1.165) is 0 Å². The summed E-state index contributed by atoms with van der Waals surface area (Å²) in [6.45, 7) is 4.30. The molecule has 0 aliphatic carbocycles. The van der Waals surface area contributed by atoms with E-state index in [0.29, 0.717) is 19.4 Å². The number of rotatable bonds is 6. The maximum absolute atomic E-state index is 11.7. The van der Waals surface area contributed by atoms with Crippen LogP contribution in [-0.2, 0) is 19.9 Å². The third-order valence-electron chi connectivity index (χ3n) is 2.82. The smallest absolute Gasteiger partial charge is 0.213 e. The Morgan fingerprint density at radius 1 is 1.22 bits per heavy atom. The van der Waals surface area contributed by atoms with Crippen LogP contribution in [0.5, 0.6) is 0 Å². The van der Waals surface area contributed by atoms with Crippen LogP contribution >= 0.6 is 0 Å². The first-order valence-corrected chi connectivity index (χ1v) is 9.61. The van der Waals surface area contributed by atoms with Gasteiger partial charge < -0.3 is 5.32 Å². The fourth-order valence-electron chi connectivity index (χ4n) is 1.80. The van der Waals surface area contributed by atoms with Crippen LogP contribution in [0.25, 0.3) is 0 Å². The molecule has 18 heavy (non-hydrogen) atoms. The Morgan fingerprint density at radius 3 is 2.28 bits per heavy atom. The minimum absolute atomic E-state index is 0.0223. The molecule has 1 fully saturated rings. The van der Waals surface area contributed by atoms with E-state index in [2.05, 4.69) is 10.0 Å². The fourth-order valence-corrected chi connectivity index (χ4v) is 4.54. The molecule has 0 saturated carbocycles. The van der Waals surface area contributed by atoms with Crippen molar-refractivity contribution in [3.05, 3.63) is 0 Å². The molecule has 2 N–H and O–H groups in total. The summed E-state index contributed by atoms with van der Waals surface area (Å²) in [5, 5.41) is 3.04. The normalized spacial score (nSPS) is 21.3. The number of hydrogen-bond donors (Lipinski definition) is 2. The molecular formula is C10H22N2O4S2. The topological polar surface area (TPSA) is 92.3 Å². The Hall–Kier alpha value is -0.180. The first-order chi connectivity index (χ1) is 8.20. The van der Waals surface area contributed by atoms with E-state index in [1.54, 1.807) is 0 Å². The van der Waals surface area contributed by atoms with Gasteiger partial charge in [-0.3, -0.25) is 0 Å². The molecule has 0 atom stereocenters. The predicted octanol–water partition coefficient (Wildman–Crippen LogP) is -0.519. The maximum Gasteiger partial charge on any atom is 0.213 e. The first kappa shape index (κ1) is 15.9. The molecule has 0 unspecified atom stereocenters. The van der Waals surface area contributed by atoms with Crippen molar-refractivity contribution in [2.45, 2.75) is 38.8 Å². The van der Waals surface area contributed by atoms with Crippen LogP contribution in [-0.4, -0.2) is 52.7 Å². The van der Waals surface area contributed by atoms with Gasteiger partial charge in [0.2, 0.25) is 10.0 Å². The quantitative estimate of drug-likeness (QED) is 0.688. The summed E-state index contributed by atoms with van der Waals surface area (Å²) in [6, 6.07) is 0.0117. The molecule has 0 aromatic rings. The molecule has 0 aromatic carbocycles. The van der Waals surface area contributed by atoms with Gasteiger partial charge in [0.25, 0.3) is 0 Å². The third kappa shape index (κ3) is 6.12. The van der Waals surface area contributed by atoms with Crippen LogP contribution in [0.4, 0.5) is 0 Å². The van der Waals surface area contributed by atoms with E-state index in [-0.39, 0.29) is 29.3 Å². The summed E-state index contributed by atoms with van der Waals surface area (Å²) >= 11 is 0. The Morgan fingerprint density at radius 2 is 1.78 bits per heavy atom. The molecule has 1 heterocycles. The molecule has 108 valence electrons. The van der Waals surface area contributed by atoms with Crippen molar-refractivity contribution < 1.29 is 16.8 Å². The monoisotopic (exact) mass is 298 g/mol. The van der Waals surface area contributed by atoms with Crippen molar-refractivity contribution in [2.24, 2.45) is 0 Å². The van der Waals surface area contributed by atoms with Crippen molar-refractivity contribution in [3.63, 3.8) is 0 Å². The van der Waals surface area contributed by atoms with Crippen LogP contribution in [0.15, 0.2) is 0 Å². The van der Waals surface area contributed by atoms with Gasteiger partial charge in [-0.25, -0.2) is 21.6 Å². The van der Waals surface area contributed by atoms with Crippen LogP contribution in [0.3, 0.4) is 0 Å². The molecule has 1 rings (SSSR count). The molecule has 0 spiro atoms. The number of nitrogens with one attached hydrogen (secondary N) is 2. The van der Waals surface area contributed by atoms with Crippen LogP contribution < -0.4 is 10.0 Å². The van der Waals surface area contributed by atoms with Crippen molar-refractivity contribution in [2.75, 3.05) is 23.8 Å². The van der Waals surface area contributed by atoms with Gasteiger partial charge >= 0.3 is 0 Å². The number of sulfonamides is 1. The summed E-state index contributed by atoms with van der Waals surface area (Å²) in [4.78, 5) is 0. The number of sulfone groups is 1. The first-order valence-electron chi connectivity index (χ1n) is 6.14. The van der Waals surface area contributed by atoms with Gasteiger partial charge in [-0.1, -0.05) is 13.8 Å². The Labute approximate surface area is 110 Å². The highest BCUT2D eigenvalue weighted by Gasteiger charge is 2.26. The Bertz CT molecular complexity index is 442. The van der Waals surface area contributed by atoms with E-state index in [4.69, 9.17) is 0 Å². The summed E-state index contributed by atoms with van der Waals surface area (Å²) in [7, 11) is -6.27. The van der Waals surface area contributed by atoms with Crippen molar-refractivity contribution >= 4 is 19.9 Å². The standard InChI is InChI=1S/C10H22N2O4S2/c1-9(2)11-5-8-18(15,16)12-10-3-6-17(13,14)7-4-10/h9-12H,3-8H2,1-2H3. The summed E-state index contributed by atoms with van der Waals surface area (Å²) < 4.78 is 48.5. The second-order valence-corrected chi connectivity index (χ2v) is 9.15. The summed E-state index contributed by atoms with van der Waals surface area (Å²) in [5.41, 5.74) is 0. The highest BCUT2D eigenvalue weighted by Crippen LogP contribution is 2.12. The number of hydrogen-bond acceptors (Lipinski definition) is 5. The SMILES string of the molecule is CC(C)NCCS(=O)(=O)NC1CCS(=O)(=O)CC1. The molecule has 1 aliphatic rings. The summed E-state index contributed by atoms with van der Waals surface area (Å²) in [5.74, 6) is 0.170. The van der Waals surface area contributed by atoms with E-state index in [1.807, 2.05) is 13.8 Å². The maximum atomic E-state index is 11.7. The summed E-state index contributed by atoms with van der Waals surface area (Å²) in [6.07, 6.45) is 0.748. The van der Waals surface area contributed by atoms with E-state index >= 15 is 0 Å². The highest BCUT2D eigenvalue weighted by atomic mass is 32.2. The highest BCUT2D eigenvalue weighted by molar-refractivity contribution is 7.91. The van der Waals surface area contributed by atoms with Crippen LogP contribution in [0.2, 0.25) is 0 Å². The largest absolute Gasteiger partial charge is 0.313 e. The lowest BCUT2D eigenvalue weighted by Gasteiger charge is -2.23. The van der Waals surface area contributed by atoms with Crippen molar-refractivity contribution in [3.8, 4) is 0 Å². The Kier molecular flexibility index (Phi) is 5.57. The van der Waals surface area contributed by atoms with Crippen molar-refractivity contribution in [1.82, 2.24) is 10.0 Å². The fraction of sp³-hybridized carbons (Fsp3) is 1.00. The lowest BCUT2D eigenvalue weighted by Crippen LogP contribution is -2.43. The zero-order valence-electron chi connectivity index (χ0n) is 10.8. The predicted molar refractivity (Wildman–Crippen MR) is 71.7 cm³/mol. The van der Waals surface area contributed by atoms with E-state index in [1.165, 1.54) is 0 Å². The average Bonchev–Trinajstić information content (AvgIpc) is 2.20. The van der Waals surface area contributed by atoms with Crippen molar-refractivity contribution in [1.29, 1.82) is 0 Å². The molecular weight excluding hydrogens is 276 g/mol. The van der Waals surface area contributed by atoms with Gasteiger partial charge in [0.1, 0.15) is 9.84 Å². The lowest BCUT2D eigenvalue weighted by atomic mass is 10.2. The lowest BCUT2D eigenvalue weighted by molar-refractivity contribution is 0.503. The minimum Gasteiger partial charge on any atom is -0.313 e. The molecule has 1 saturated heterocycles. The molecule has 8 heteroatoms. The third-order valence-corrected chi connectivity index (χ3v) is 5.97. The molecule has 0 bridgehead atoms. The zero-order valence-corrected chi connectivity index (χ0v) is 12.5. The van der Waals surface area contributed by atoms with Gasteiger partial charge in [-0.15, -0.1) is 0 Å². The molecule has 0 amide bonds. The molecule has 1 aliphatic heterocycles. The van der Waals surface area contributed by atoms with Gasteiger partial charge in [0.15, 0.2) is 0 Å². The van der Waals surface area contributed by atoms with E-state index in [9.17, 15) is 16.8 Å². The second kappa shape index (κ2) is 6.31. The molecule has 0 aromatic heterocycles. The molecule has 0 radical (unpaired) electrons. The average molecular weight is 298 g/mol.